The molecular weight excluding hydrogens is 348 g/mol. The van der Waals surface area contributed by atoms with Crippen LogP contribution in [0.5, 0.6) is 0 Å². The summed E-state index contributed by atoms with van der Waals surface area (Å²) in [6.45, 7) is 7.98. The molecule has 136 valence electrons. The molecule has 2 heterocycles. The molecule has 0 radical (unpaired) electrons. The van der Waals surface area contributed by atoms with Gasteiger partial charge >= 0.3 is 5.97 Å². The predicted octanol–water partition coefficient (Wildman–Crippen LogP) is 3.84. The highest BCUT2D eigenvalue weighted by Crippen LogP contribution is 2.23. The molecule has 0 unspecified atom stereocenters. The molecule has 7 heteroatoms. The molecule has 0 bridgehead atoms. The largest absolute Gasteiger partial charge is 0.462 e. The van der Waals surface area contributed by atoms with E-state index in [1.807, 2.05) is 45.0 Å². The fourth-order valence-electron chi connectivity index (χ4n) is 2.86. The molecule has 6 nitrogen and oxygen atoms in total. The van der Waals surface area contributed by atoms with Gasteiger partial charge in [0.2, 0.25) is 0 Å². The first-order chi connectivity index (χ1) is 12.5. The number of aromatic amines is 1. The normalized spacial score (nSPS) is 15.5. The average molecular weight is 370 g/mol. The van der Waals surface area contributed by atoms with Crippen molar-refractivity contribution in [3.05, 3.63) is 52.3 Å². The van der Waals surface area contributed by atoms with Crippen molar-refractivity contribution in [2.24, 2.45) is 10.1 Å². The van der Waals surface area contributed by atoms with E-state index in [0.29, 0.717) is 17.9 Å². The zero-order valence-corrected chi connectivity index (χ0v) is 16.2. The number of esters is 1. The first-order valence-corrected chi connectivity index (χ1v) is 9.45. The van der Waals surface area contributed by atoms with Gasteiger partial charge in [-0.15, -0.1) is 0 Å². The summed E-state index contributed by atoms with van der Waals surface area (Å²) in [5, 5.41) is 5.21. The Morgan fingerprint density at radius 2 is 2.15 bits per heavy atom. The van der Waals surface area contributed by atoms with E-state index in [2.05, 4.69) is 20.5 Å². The van der Waals surface area contributed by atoms with Gasteiger partial charge < -0.3 is 9.72 Å². The Bertz CT molecular complexity index is 899. The molecule has 0 amide bonds. The minimum Gasteiger partial charge on any atom is -0.462 e. The molecule has 0 saturated heterocycles. The lowest BCUT2D eigenvalue weighted by molar-refractivity contribution is 0.0525. The molecule has 26 heavy (non-hydrogen) atoms. The lowest BCUT2D eigenvalue weighted by Crippen LogP contribution is -2.25. The third kappa shape index (κ3) is 3.83. The highest BCUT2D eigenvalue weighted by Gasteiger charge is 2.23. The van der Waals surface area contributed by atoms with Crippen LogP contribution in [0.2, 0.25) is 0 Å². The summed E-state index contributed by atoms with van der Waals surface area (Å²) in [5.41, 5.74) is 9.04. The average Bonchev–Trinajstić information content (AvgIpc) is 2.90. The number of aliphatic imine (C=N–C) groups is 1. The monoisotopic (exact) mass is 370 g/mol. The Kier molecular flexibility index (Phi) is 5.46. The fraction of sp³-hybridized carbons (Fsp3) is 0.316. The van der Waals surface area contributed by atoms with Crippen LogP contribution in [0.4, 0.5) is 5.69 Å². The number of thioether (sulfide) groups is 1. The fourth-order valence-corrected chi connectivity index (χ4v) is 3.63. The van der Waals surface area contributed by atoms with E-state index in [1.165, 1.54) is 5.56 Å². The van der Waals surface area contributed by atoms with E-state index in [1.54, 1.807) is 18.7 Å². The highest BCUT2D eigenvalue weighted by atomic mass is 32.2. The van der Waals surface area contributed by atoms with E-state index < -0.39 is 0 Å². The SMILES string of the molecule is CCOC(=O)c1c(C)[nH]c(C2=NNC(=Nc3cccc(C)c3)SC2)c1C. The molecule has 3 rings (SSSR count). The van der Waals surface area contributed by atoms with Gasteiger partial charge in [0, 0.05) is 11.4 Å². The summed E-state index contributed by atoms with van der Waals surface area (Å²) in [6.07, 6.45) is 0. The molecule has 0 fully saturated rings. The number of rotatable bonds is 4. The van der Waals surface area contributed by atoms with Gasteiger partial charge in [-0.2, -0.15) is 5.10 Å². The summed E-state index contributed by atoms with van der Waals surface area (Å²) in [6, 6.07) is 8.02. The number of hydrazone groups is 1. The smallest absolute Gasteiger partial charge is 0.340 e. The minimum absolute atomic E-state index is 0.302. The zero-order chi connectivity index (χ0) is 18.7. The maximum Gasteiger partial charge on any atom is 0.340 e. The number of benzene rings is 1. The third-order valence-corrected chi connectivity index (χ3v) is 4.94. The first-order valence-electron chi connectivity index (χ1n) is 8.47. The van der Waals surface area contributed by atoms with Gasteiger partial charge in [0.15, 0.2) is 5.17 Å². The van der Waals surface area contributed by atoms with Gasteiger partial charge in [0.25, 0.3) is 0 Å². The van der Waals surface area contributed by atoms with Crippen molar-refractivity contribution in [1.82, 2.24) is 10.4 Å². The van der Waals surface area contributed by atoms with E-state index in [9.17, 15) is 4.79 Å². The summed E-state index contributed by atoms with van der Waals surface area (Å²) in [7, 11) is 0. The van der Waals surface area contributed by atoms with Crippen LogP contribution in [0.1, 0.15) is 39.8 Å². The van der Waals surface area contributed by atoms with E-state index >= 15 is 0 Å². The summed E-state index contributed by atoms with van der Waals surface area (Å²) < 4.78 is 5.14. The topological polar surface area (TPSA) is 78.8 Å². The standard InChI is InChI=1S/C19H22N4O2S/c1-5-25-18(24)16-12(3)17(20-13(16)4)15-10-26-19(23-22-15)21-14-8-6-7-11(2)9-14/h6-9,20H,5,10H2,1-4H3,(H,21,23). The Labute approximate surface area is 157 Å². The molecular formula is C19H22N4O2S. The molecule has 2 aromatic rings. The number of amidine groups is 1. The Morgan fingerprint density at radius 3 is 2.81 bits per heavy atom. The van der Waals surface area contributed by atoms with Crippen LogP contribution in [0.3, 0.4) is 0 Å². The van der Waals surface area contributed by atoms with Crippen molar-refractivity contribution in [3.63, 3.8) is 0 Å². The zero-order valence-electron chi connectivity index (χ0n) is 15.3. The minimum atomic E-state index is -0.302. The van der Waals surface area contributed by atoms with Gasteiger partial charge in [0.05, 0.1) is 29.3 Å². The van der Waals surface area contributed by atoms with Gasteiger partial charge in [-0.3, -0.25) is 5.43 Å². The Hall–Kier alpha value is -2.54. The molecule has 1 aromatic carbocycles. The molecule has 1 aliphatic rings. The summed E-state index contributed by atoms with van der Waals surface area (Å²) >= 11 is 1.58. The van der Waals surface area contributed by atoms with Crippen molar-refractivity contribution < 1.29 is 9.53 Å². The molecule has 0 atom stereocenters. The van der Waals surface area contributed by atoms with Crippen LogP contribution in [0.25, 0.3) is 0 Å². The number of aryl methyl sites for hydroxylation is 2. The lowest BCUT2D eigenvalue weighted by atomic mass is 10.1. The number of H-pyrrole nitrogens is 1. The van der Waals surface area contributed by atoms with E-state index in [-0.39, 0.29) is 5.97 Å². The predicted molar refractivity (Wildman–Crippen MR) is 107 cm³/mol. The van der Waals surface area contributed by atoms with E-state index in [0.717, 1.165) is 33.5 Å². The molecule has 0 spiro atoms. The lowest BCUT2D eigenvalue weighted by Gasteiger charge is -2.14. The molecule has 2 N–H and O–H groups in total. The number of hydrogen-bond acceptors (Lipinski definition) is 5. The number of carbonyl (C=O) groups is 1. The third-order valence-electron chi connectivity index (χ3n) is 4.07. The quantitative estimate of drug-likeness (QED) is 0.802. The maximum atomic E-state index is 12.1. The van der Waals surface area contributed by atoms with Gasteiger partial charge in [0.1, 0.15) is 0 Å². The molecule has 1 aromatic heterocycles. The second kappa shape index (κ2) is 7.78. The molecule has 0 aliphatic carbocycles. The number of hydrogen-bond donors (Lipinski definition) is 2. The number of carbonyl (C=O) groups excluding carboxylic acids is 1. The van der Waals surface area contributed by atoms with E-state index in [4.69, 9.17) is 4.74 Å². The number of aromatic nitrogens is 1. The summed E-state index contributed by atoms with van der Waals surface area (Å²) in [5.74, 6) is 0.365. The maximum absolute atomic E-state index is 12.1. The van der Waals surface area contributed by atoms with Crippen molar-refractivity contribution >= 4 is 34.3 Å². The van der Waals surface area contributed by atoms with Crippen LogP contribution in [0.15, 0.2) is 34.4 Å². The van der Waals surface area contributed by atoms with Crippen LogP contribution < -0.4 is 5.43 Å². The van der Waals surface area contributed by atoms with Crippen LogP contribution in [-0.4, -0.2) is 34.2 Å². The van der Waals surface area contributed by atoms with Gasteiger partial charge in [-0.1, -0.05) is 23.9 Å². The number of nitrogens with zero attached hydrogens (tertiary/aromatic N) is 2. The van der Waals surface area contributed by atoms with Crippen molar-refractivity contribution in [2.75, 3.05) is 12.4 Å². The van der Waals surface area contributed by atoms with Crippen molar-refractivity contribution in [2.45, 2.75) is 27.7 Å². The number of nitrogens with one attached hydrogen (secondary N) is 2. The molecule has 0 saturated carbocycles. The number of ether oxygens (including phenoxy) is 1. The summed E-state index contributed by atoms with van der Waals surface area (Å²) in [4.78, 5) is 20.0. The van der Waals surface area contributed by atoms with Crippen molar-refractivity contribution in [3.8, 4) is 0 Å². The van der Waals surface area contributed by atoms with Crippen LogP contribution in [0, 0.1) is 20.8 Å². The van der Waals surface area contributed by atoms with Crippen molar-refractivity contribution in [1.29, 1.82) is 0 Å². The van der Waals surface area contributed by atoms with Gasteiger partial charge in [-0.05, 0) is 51.0 Å². The Morgan fingerprint density at radius 1 is 1.35 bits per heavy atom. The van der Waals surface area contributed by atoms with Crippen LogP contribution >= 0.6 is 11.8 Å². The highest BCUT2D eigenvalue weighted by molar-refractivity contribution is 8.14. The second-order valence-electron chi connectivity index (χ2n) is 6.06. The Balaban J connectivity index is 1.81. The van der Waals surface area contributed by atoms with Gasteiger partial charge in [-0.25, -0.2) is 9.79 Å². The molecule has 1 aliphatic heterocycles. The van der Waals surface area contributed by atoms with Crippen LogP contribution in [-0.2, 0) is 4.74 Å². The second-order valence-corrected chi connectivity index (χ2v) is 7.02. The first kappa shape index (κ1) is 18.3.